The van der Waals surface area contributed by atoms with Gasteiger partial charge in [-0.1, -0.05) is 13.8 Å². The van der Waals surface area contributed by atoms with Crippen molar-refractivity contribution in [1.29, 1.82) is 0 Å². The summed E-state index contributed by atoms with van der Waals surface area (Å²) < 4.78 is 0. The Morgan fingerprint density at radius 3 is 1.75 bits per heavy atom. The zero-order valence-corrected chi connectivity index (χ0v) is 4.87. The Hall–Kier alpha value is -0.840. The van der Waals surface area contributed by atoms with Gasteiger partial charge in [-0.2, -0.15) is 0 Å². The molecule has 0 rings (SSSR count). The van der Waals surface area contributed by atoms with Gasteiger partial charge in [-0.3, -0.25) is 0 Å². The molecule has 0 amide bonds. The van der Waals surface area contributed by atoms with Gasteiger partial charge < -0.3 is 10.9 Å². The highest BCUT2D eigenvalue weighted by molar-refractivity contribution is 4.32. The van der Waals surface area contributed by atoms with Gasteiger partial charge in [0.2, 0.25) is 0 Å². The maximum atomic E-state index is 8.36. The fraction of sp³-hybridized carbons (Fsp3) is 1.00. The number of hydrogen-bond donors (Lipinski definition) is 2. The summed E-state index contributed by atoms with van der Waals surface area (Å²) in [7, 11) is 0. The Morgan fingerprint density at radius 1 is 1.75 bits per heavy atom. The summed E-state index contributed by atoms with van der Waals surface area (Å²) in [4.78, 5) is 8.36. The first-order chi connectivity index (χ1) is 3.46. The molecule has 8 heavy (non-hydrogen) atoms. The van der Waals surface area contributed by atoms with Crippen LogP contribution >= 0.6 is 0 Å². The van der Waals surface area contributed by atoms with Crippen molar-refractivity contribution in [2.45, 2.75) is 19.9 Å². The SMILES string of the molecule is CC(C)N.O=[N+]([O-])O. The summed E-state index contributed by atoms with van der Waals surface area (Å²) in [6.45, 7) is 3.89. The van der Waals surface area contributed by atoms with E-state index in [2.05, 4.69) is 0 Å². The summed E-state index contributed by atoms with van der Waals surface area (Å²) in [5, 5.41) is 13.6. The first-order valence-electron chi connectivity index (χ1n) is 2.05. The maximum Gasteiger partial charge on any atom is 0.291 e. The topological polar surface area (TPSA) is 89.4 Å². The van der Waals surface area contributed by atoms with Gasteiger partial charge in [0.25, 0.3) is 5.09 Å². The van der Waals surface area contributed by atoms with Crippen LogP contribution in [-0.2, 0) is 0 Å². The van der Waals surface area contributed by atoms with E-state index in [9.17, 15) is 0 Å². The smallest absolute Gasteiger partial charge is 0.291 e. The van der Waals surface area contributed by atoms with Gasteiger partial charge in [-0.05, 0) is 6.04 Å². The Morgan fingerprint density at radius 2 is 1.75 bits per heavy atom. The molecular weight excluding hydrogens is 112 g/mol. The molecule has 0 atom stereocenters. The number of nitrogens with zero attached hydrogens (tertiary/aromatic N) is 1. The monoisotopic (exact) mass is 122 g/mol. The minimum absolute atomic E-state index is 0.333. The van der Waals surface area contributed by atoms with Crippen LogP contribution in [0.4, 0.5) is 0 Å². The zero-order chi connectivity index (χ0) is 7.15. The van der Waals surface area contributed by atoms with Crippen molar-refractivity contribution in [3.05, 3.63) is 10.1 Å². The third-order valence-corrected chi connectivity index (χ3v) is 0. The van der Waals surface area contributed by atoms with Crippen molar-refractivity contribution in [1.82, 2.24) is 0 Å². The van der Waals surface area contributed by atoms with E-state index in [0.29, 0.717) is 6.04 Å². The van der Waals surface area contributed by atoms with Crippen LogP contribution in [0, 0.1) is 10.1 Å². The first-order valence-corrected chi connectivity index (χ1v) is 2.05. The van der Waals surface area contributed by atoms with E-state index in [4.69, 9.17) is 21.1 Å². The van der Waals surface area contributed by atoms with E-state index in [0.717, 1.165) is 0 Å². The summed E-state index contributed by atoms with van der Waals surface area (Å²) in [6, 6.07) is 0.333. The van der Waals surface area contributed by atoms with Gasteiger partial charge >= 0.3 is 0 Å². The third kappa shape index (κ3) is 127. The van der Waals surface area contributed by atoms with Gasteiger partial charge in [0.05, 0.1) is 0 Å². The molecule has 0 aromatic heterocycles. The van der Waals surface area contributed by atoms with Crippen molar-refractivity contribution >= 4 is 0 Å². The molecule has 3 N–H and O–H groups in total. The summed E-state index contributed by atoms with van der Waals surface area (Å²) in [5.74, 6) is 0. The lowest BCUT2D eigenvalue weighted by Gasteiger charge is -1.81. The van der Waals surface area contributed by atoms with Gasteiger partial charge in [-0.15, -0.1) is 10.1 Å². The third-order valence-electron chi connectivity index (χ3n) is 0. The predicted molar refractivity (Wildman–Crippen MR) is 28.1 cm³/mol. The van der Waals surface area contributed by atoms with E-state index in [-0.39, 0.29) is 0 Å². The summed E-state index contributed by atoms with van der Waals surface area (Å²) in [6.07, 6.45) is 0. The molecule has 0 fully saturated rings. The lowest BCUT2D eigenvalue weighted by atomic mass is 10.5. The molecule has 0 heterocycles. The fourth-order valence-electron chi connectivity index (χ4n) is 0. The van der Waals surface area contributed by atoms with E-state index >= 15 is 0 Å². The van der Waals surface area contributed by atoms with Gasteiger partial charge in [0.1, 0.15) is 0 Å². The Kier molecular flexibility index (Phi) is 7.86. The van der Waals surface area contributed by atoms with Crippen LogP contribution in [0.3, 0.4) is 0 Å². The van der Waals surface area contributed by atoms with E-state index in [1.165, 1.54) is 0 Å². The normalized spacial score (nSPS) is 7.50. The van der Waals surface area contributed by atoms with Crippen molar-refractivity contribution in [3.8, 4) is 0 Å². The average Bonchev–Trinajstić information content (AvgIpc) is 1.25. The van der Waals surface area contributed by atoms with Crippen molar-refractivity contribution in [2.75, 3.05) is 0 Å². The average molecular weight is 122 g/mol. The predicted octanol–water partition coefficient (Wildman–Crippen LogP) is 0.00580. The molecule has 5 nitrogen and oxygen atoms in total. The molecule has 50 valence electrons. The Balaban J connectivity index is 0. The standard InChI is InChI=1S/C3H9N.HNO3/c1-3(2)4;2-1(3)4/h3H,4H2,1-2H3;(H,2,3,4). The number of nitrogens with two attached hydrogens (primary N) is 1. The highest BCUT2D eigenvalue weighted by atomic mass is 16.9. The molecule has 0 aliphatic heterocycles. The van der Waals surface area contributed by atoms with Crippen molar-refractivity contribution in [3.63, 3.8) is 0 Å². The van der Waals surface area contributed by atoms with Crippen LogP contribution < -0.4 is 5.73 Å². The molecule has 0 spiro atoms. The fourth-order valence-corrected chi connectivity index (χ4v) is 0. The largest absolute Gasteiger partial charge is 0.328 e. The van der Waals surface area contributed by atoms with Crippen LogP contribution in [0.25, 0.3) is 0 Å². The van der Waals surface area contributed by atoms with E-state index in [1.807, 2.05) is 13.8 Å². The maximum absolute atomic E-state index is 8.36. The lowest BCUT2D eigenvalue weighted by molar-refractivity contribution is -0.742. The second-order valence-corrected chi connectivity index (χ2v) is 1.48. The van der Waals surface area contributed by atoms with Crippen LogP contribution in [0.15, 0.2) is 0 Å². The Bertz CT molecular complexity index is 56.8. The molecule has 0 aromatic carbocycles. The molecule has 0 bridgehead atoms. The molecule has 0 aliphatic rings. The molecule has 0 unspecified atom stereocenters. The summed E-state index contributed by atoms with van der Waals surface area (Å²) in [5.41, 5.74) is 5.11. The van der Waals surface area contributed by atoms with Crippen LogP contribution in [-0.4, -0.2) is 16.3 Å². The quantitative estimate of drug-likeness (QED) is 0.349. The van der Waals surface area contributed by atoms with Gasteiger partial charge in [0, 0.05) is 0 Å². The van der Waals surface area contributed by atoms with Crippen LogP contribution in [0.5, 0.6) is 0 Å². The zero-order valence-electron chi connectivity index (χ0n) is 4.87. The minimum atomic E-state index is -1.50. The summed E-state index contributed by atoms with van der Waals surface area (Å²) >= 11 is 0. The van der Waals surface area contributed by atoms with Crippen LogP contribution in [0.2, 0.25) is 0 Å². The molecule has 0 aromatic rings. The molecule has 0 saturated carbocycles. The second kappa shape index (κ2) is 6.16. The van der Waals surface area contributed by atoms with E-state index in [1.54, 1.807) is 0 Å². The molecule has 0 radical (unpaired) electrons. The highest BCUT2D eigenvalue weighted by Gasteiger charge is 1.67. The van der Waals surface area contributed by atoms with Crippen molar-refractivity contribution in [2.24, 2.45) is 5.73 Å². The van der Waals surface area contributed by atoms with Gasteiger partial charge in [-0.25, -0.2) is 0 Å². The van der Waals surface area contributed by atoms with Crippen molar-refractivity contribution < 1.29 is 10.3 Å². The highest BCUT2D eigenvalue weighted by Crippen LogP contribution is 1.58. The number of rotatable bonds is 0. The second-order valence-electron chi connectivity index (χ2n) is 1.48. The molecule has 0 aliphatic carbocycles. The van der Waals surface area contributed by atoms with Gasteiger partial charge in [0.15, 0.2) is 0 Å². The number of hydrogen-bond acceptors (Lipinski definition) is 3. The lowest BCUT2D eigenvalue weighted by Crippen LogP contribution is -2.06. The minimum Gasteiger partial charge on any atom is -0.328 e. The molecule has 0 saturated heterocycles. The first kappa shape index (κ1) is 10.2. The van der Waals surface area contributed by atoms with Crippen LogP contribution in [0.1, 0.15) is 13.8 Å². The molecular formula is C3H10N2O3. The molecule has 5 heteroatoms. The Labute approximate surface area is 47.2 Å². The van der Waals surface area contributed by atoms with E-state index < -0.39 is 5.09 Å².